The molecule has 168 valence electrons. The summed E-state index contributed by atoms with van der Waals surface area (Å²) in [6.07, 6.45) is 1.17. The number of methoxy groups -OCH3 is 1. The zero-order valence-electron chi connectivity index (χ0n) is 18.5. The Bertz CT molecular complexity index is 1310. The number of anilines is 1. The van der Waals surface area contributed by atoms with Crippen LogP contribution in [-0.2, 0) is 4.79 Å². The van der Waals surface area contributed by atoms with E-state index in [0.717, 1.165) is 11.3 Å². The lowest BCUT2D eigenvalue weighted by Gasteiger charge is -2.38. The minimum absolute atomic E-state index is 0.0000588. The lowest BCUT2D eigenvalue weighted by atomic mass is 9.73. The second-order valence-electron chi connectivity index (χ2n) is 9.14. The van der Waals surface area contributed by atoms with Crippen molar-refractivity contribution in [2.24, 2.45) is 5.41 Å². The number of carbonyl (C=O) groups excluding carboxylic acids is 1. The number of non-ortho nitro benzene ring substituents is 1. The minimum Gasteiger partial charge on any atom is -0.497 e. The van der Waals surface area contributed by atoms with Crippen LogP contribution in [-0.4, -0.2) is 32.6 Å². The number of Topliss-reactive ketones (excluding diaryl/α,β-unsaturated/α-hetero) is 1. The predicted molar refractivity (Wildman–Crippen MR) is 122 cm³/mol. The molecule has 0 fully saturated rings. The number of nitro groups is 1. The summed E-state index contributed by atoms with van der Waals surface area (Å²) in [6, 6.07) is 13.3. The van der Waals surface area contributed by atoms with E-state index < -0.39 is 11.0 Å². The van der Waals surface area contributed by atoms with Crippen LogP contribution in [0.3, 0.4) is 0 Å². The van der Waals surface area contributed by atoms with Crippen molar-refractivity contribution in [2.75, 3.05) is 12.4 Å². The standard InChI is InChI=1S/C24H23N5O4/c1-24(2)12-18-20(19(30)13-24)21(15-5-4-6-17(11-15)33-3)28-23(25-18)26-22(27-28)14-7-9-16(10-8-14)29(31)32/h4-11,21H,12-13H2,1-3H3,(H,25,26,27). The van der Waals surface area contributed by atoms with Crippen molar-refractivity contribution in [1.29, 1.82) is 0 Å². The second-order valence-corrected chi connectivity index (χ2v) is 9.14. The van der Waals surface area contributed by atoms with Gasteiger partial charge in [-0.25, -0.2) is 4.68 Å². The van der Waals surface area contributed by atoms with Gasteiger partial charge in [-0.1, -0.05) is 26.0 Å². The molecule has 1 unspecified atom stereocenters. The maximum Gasteiger partial charge on any atom is 0.269 e. The van der Waals surface area contributed by atoms with Gasteiger partial charge in [0.2, 0.25) is 5.95 Å². The third-order valence-electron chi connectivity index (χ3n) is 6.08. The Labute approximate surface area is 190 Å². The monoisotopic (exact) mass is 445 g/mol. The zero-order chi connectivity index (χ0) is 23.3. The first-order valence-corrected chi connectivity index (χ1v) is 10.6. The largest absolute Gasteiger partial charge is 0.497 e. The van der Waals surface area contributed by atoms with E-state index >= 15 is 0 Å². The fourth-order valence-electron chi connectivity index (χ4n) is 4.58. The van der Waals surface area contributed by atoms with Crippen LogP contribution in [0.4, 0.5) is 11.6 Å². The predicted octanol–water partition coefficient (Wildman–Crippen LogP) is 4.52. The molecular formula is C24H23N5O4. The third kappa shape index (κ3) is 3.65. The van der Waals surface area contributed by atoms with Crippen LogP contribution in [0.15, 0.2) is 59.8 Å². The fraction of sp³-hybridized carbons (Fsp3) is 0.292. The highest BCUT2D eigenvalue weighted by molar-refractivity contribution is 6.00. The van der Waals surface area contributed by atoms with Crippen molar-refractivity contribution in [2.45, 2.75) is 32.7 Å². The number of benzene rings is 2. The smallest absolute Gasteiger partial charge is 0.269 e. The number of carbonyl (C=O) groups is 1. The van der Waals surface area contributed by atoms with Gasteiger partial charge >= 0.3 is 0 Å². The van der Waals surface area contributed by atoms with Crippen molar-refractivity contribution >= 4 is 17.4 Å². The Morgan fingerprint density at radius 2 is 1.94 bits per heavy atom. The van der Waals surface area contributed by atoms with Crippen LogP contribution in [0, 0.1) is 15.5 Å². The van der Waals surface area contributed by atoms with Gasteiger partial charge in [0.05, 0.1) is 12.0 Å². The summed E-state index contributed by atoms with van der Waals surface area (Å²) in [4.78, 5) is 28.5. The molecule has 1 aromatic heterocycles. The van der Waals surface area contributed by atoms with E-state index in [-0.39, 0.29) is 16.9 Å². The number of allylic oxidation sites excluding steroid dienone is 2. The molecule has 0 radical (unpaired) electrons. The Morgan fingerprint density at radius 3 is 2.64 bits per heavy atom. The number of nitro benzene ring substituents is 1. The van der Waals surface area contributed by atoms with Gasteiger partial charge in [-0.2, -0.15) is 4.98 Å². The summed E-state index contributed by atoms with van der Waals surface area (Å²) in [5.74, 6) is 1.72. The van der Waals surface area contributed by atoms with Gasteiger partial charge in [0.1, 0.15) is 11.8 Å². The number of hydrogen-bond donors (Lipinski definition) is 1. The topological polar surface area (TPSA) is 112 Å². The van der Waals surface area contributed by atoms with Crippen LogP contribution in [0.25, 0.3) is 11.4 Å². The summed E-state index contributed by atoms with van der Waals surface area (Å²) in [6.45, 7) is 4.16. The molecule has 2 aromatic carbocycles. The van der Waals surface area contributed by atoms with Crippen LogP contribution in [0.1, 0.15) is 38.3 Å². The number of ketones is 1. The van der Waals surface area contributed by atoms with E-state index in [1.165, 1.54) is 12.1 Å². The first kappa shape index (κ1) is 20.9. The van der Waals surface area contributed by atoms with E-state index in [1.54, 1.807) is 23.9 Å². The molecule has 2 aliphatic rings. The van der Waals surface area contributed by atoms with Gasteiger partial charge in [0.15, 0.2) is 11.6 Å². The number of fused-ring (bicyclic) bond motifs is 1. The molecular weight excluding hydrogens is 422 g/mol. The summed E-state index contributed by atoms with van der Waals surface area (Å²) < 4.78 is 7.14. The Morgan fingerprint density at radius 1 is 1.18 bits per heavy atom. The highest BCUT2D eigenvalue weighted by Gasteiger charge is 2.42. The van der Waals surface area contributed by atoms with Crippen molar-refractivity contribution in [1.82, 2.24) is 14.8 Å². The van der Waals surface area contributed by atoms with Gasteiger partial charge in [-0.05, 0) is 41.7 Å². The van der Waals surface area contributed by atoms with E-state index in [1.807, 2.05) is 24.3 Å². The van der Waals surface area contributed by atoms with Crippen LogP contribution >= 0.6 is 0 Å². The molecule has 0 saturated heterocycles. The van der Waals surface area contributed by atoms with Gasteiger partial charge in [0.25, 0.3) is 5.69 Å². The molecule has 1 aliphatic heterocycles. The molecule has 2 heterocycles. The van der Waals surface area contributed by atoms with Crippen molar-refractivity contribution in [3.8, 4) is 17.1 Å². The molecule has 9 nitrogen and oxygen atoms in total. The third-order valence-corrected chi connectivity index (χ3v) is 6.08. The van der Waals surface area contributed by atoms with E-state index in [4.69, 9.17) is 9.84 Å². The normalized spacial score (nSPS) is 18.9. The van der Waals surface area contributed by atoms with Gasteiger partial charge in [-0.3, -0.25) is 14.9 Å². The molecule has 1 atom stereocenters. The van der Waals surface area contributed by atoms with Crippen LogP contribution < -0.4 is 10.1 Å². The average molecular weight is 445 g/mol. The Kier molecular flexibility index (Phi) is 4.77. The van der Waals surface area contributed by atoms with Gasteiger partial charge in [-0.15, -0.1) is 5.10 Å². The Balaban J connectivity index is 1.65. The molecule has 9 heteroatoms. The van der Waals surface area contributed by atoms with Crippen molar-refractivity contribution in [3.63, 3.8) is 0 Å². The molecule has 0 saturated carbocycles. The number of aromatic nitrogens is 3. The molecule has 33 heavy (non-hydrogen) atoms. The lowest BCUT2D eigenvalue weighted by molar-refractivity contribution is -0.384. The molecule has 0 bridgehead atoms. The van der Waals surface area contributed by atoms with E-state index in [9.17, 15) is 14.9 Å². The summed E-state index contributed by atoms with van der Waals surface area (Å²) in [5.41, 5.74) is 2.91. The van der Waals surface area contributed by atoms with Gasteiger partial charge in [0, 0.05) is 35.4 Å². The highest BCUT2D eigenvalue weighted by Crippen LogP contribution is 2.46. The Hall–Kier alpha value is -4.01. The fourth-order valence-corrected chi connectivity index (χ4v) is 4.58. The molecule has 3 aromatic rings. The maximum absolute atomic E-state index is 13.3. The second kappa shape index (κ2) is 7.54. The maximum atomic E-state index is 13.3. The van der Waals surface area contributed by atoms with E-state index in [0.29, 0.717) is 41.5 Å². The number of nitrogens with zero attached hydrogens (tertiary/aromatic N) is 4. The first-order chi connectivity index (χ1) is 15.8. The summed E-state index contributed by atoms with van der Waals surface area (Å²) >= 11 is 0. The molecule has 1 aliphatic carbocycles. The molecule has 0 spiro atoms. The van der Waals surface area contributed by atoms with Crippen molar-refractivity contribution < 1.29 is 14.5 Å². The summed E-state index contributed by atoms with van der Waals surface area (Å²) in [5, 5.41) is 19.1. The average Bonchev–Trinajstić information content (AvgIpc) is 3.20. The molecule has 0 amide bonds. The SMILES string of the molecule is COc1cccc(C2C3=C(CC(C)(C)CC3=O)Nc3nc(-c4ccc([N+](=O)[O-])cc4)nn32)c1. The number of ether oxygens (including phenoxy) is 1. The van der Waals surface area contributed by atoms with E-state index in [2.05, 4.69) is 24.1 Å². The number of rotatable bonds is 4. The van der Waals surface area contributed by atoms with Crippen LogP contribution in [0.2, 0.25) is 0 Å². The molecule has 5 rings (SSSR count). The van der Waals surface area contributed by atoms with Gasteiger partial charge < -0.3 is 10.1 Å². The van der Waals surface area contributed by atoms with Crippen LogP contribution in [0.5, 0.6) is 5.75 Å². The zero-order valence-corrected chi connectivity index (χ0v) is 18.5. The quantitative estimate of drug-likeness (QED) is 0.464. The lowest BCUT2D eigenvalue weighted by Crippen LogP contribution is -2.36. The first-order valence-electron chi connectivity index (χ1n) is 10.6. The molecule has 1 N–H and O–H groups in total. The summed E-state index contributed by atoms with van der Waals surface area (Å²) in [7, 11) is 1.61. The van der Waals surface area contributed by atoms with Crippen molar-refractivity contribution in [3.05, 3.63) is 75.5 Å². The number of nitrogens with one attached hydrogen (secondary N) is 1. The highest BCUT2D eigenvalue weighted by atomic mass is 16.6. The minimum atomic E-state index is -0.450. The number of hydrogen-bond acceptors (Lipinski definition) is 7.